The van der Waals surface area contributed by atoms with Crippen LogP contribution in [0, 0.1) is 13.8 Å². The number of nitrogens with zero attached hydrogens (tertiary/aromatic N) is 1. The predicted octanol–water partition coefficient (Wildman–Crippen LogP) is 2.38. The van der Waals surface area contributed by atoms with Crippen molar-refractivity contribution in [1.82, 2.24) is 9.71 Å². The van der Waals surface area contributed by atoms with Gasteiger partial charge in [-0.05, 0) is 44.5 Å². The molecule has 0 radical (unpaired) electrons. The fourth-order valence-electron chi connectivity index (χ4n) is 1.89. The Bertz CT molecular complexity index is 723. The first-order chi connectivity index (χ1) is 9.29. The van der Waals surface area contributed by atoms with Crippen LogP contribution in [0.25, 0.3) is 0 Å². The van der Waals surface area contributed by atoms with E-state index in [1.807, 2.05) is 6.92 Å². The molecule has 0 bridgehead atoms. The predicted molar refractivity (Wildman–Crippen MR) is 81.2 cm³/mol. The highest BCUT2D eigenvalue weighted by molar-refractivity contribution is 7.89. The van der Waals surface area contributed by atoms with Gasteiger partial charge < -0.3 is 5.73 Å². The summed E-state index contributed by atoms with van der Waals surface area (Å²) in [6.07, 6.45) is 1.74. The summed E-state index contributed by atoms with van der Waals surface area (Å²) in [6.45, 7) is 5.44. The molecule has 5 nitrogen and oxygen atoms in total. The zero-order valence-corrected chi connectivity index (χ0v) is 13.2. The molecule has 108 valence electrons. The molecular weight excluding hydrogens is 294 g/mol. The second-order valence-electron chi connectivity index (χ2n) is 4.68. The third-order valence-corrected chi connectivity index (χ3v) is 5.63. The summed E-state index contributed by atoms with van der Waals surface area (Å²) in [5, 5.41) is 0.749. The molecule has 0 spiro atoms. The maximum atomic E-state index is 12.4. The number of anilines is 1. The zero-order chi connectivity index (χ0) is 14.9. The lowest BCUT2D eigenvalue weighted by molar-refractivity contribution is 0.566. The molecule has 3 N–H and O–H groups in total. The van der Waals surface area contributed by atoms with Crippen LogP contribution in [0.15, 0.2) is 29.3 Å². The monoisotopic (exact) mass is 311 g/mol. The molecule has 0 aliphatic carbocycles. The minimum Gasteiger partial charge on any atom is -0.399 e. The summed E-state index contributed by atoms with van der Waals surface area (Å²) in [4.78, 5) is 5.49. The van der Waals surface area contributed by atoms with E-state index in [1.54, 1.807) is 32.2 Å². The number of aromatic nitrogens is 1. The fourth-order valence-corrected chi connectivity index (χ4v) is 4.18. The van der Waals surface area contributed by atoms with E-state index in [0.717, 1.165) is 9.88 Å². The van der Waals surface area contributed by atoms with Gasteiger partial charge in [0.2, 0.25) is 10.0 Å². The molecule has 1 aromatic heterocycles. The second-order valence-corrected chi connectivity index (χ2v) is 7.63. The lowest BCUT2D eigenvalue weighted by atomic mass is 10.2. The van der Waals surface area contributed by atoms with Crippen LogP contribution in [0.4, 0.5) is 5.69 Å². The summed E-state index contributed by atoms with van der Waals surface area (Å²) in [5.74, 6) is 0. The molecule has 2 aromatic rings. The molecule has 2 rings (SSSR count). The Balaban J connectivity index is 2.27. The van der Waals surface area contributed by atoms with Crippen LogP contribution in [0.3, 0.4) is 0 Å². The van der Waals surface area contributed by atoms with E-state index < -0.39 is 10.0 Å². The smallest absolute Gasteiger partial charge is 0.241 e. The molecular formula is C13H17N3O2S2. The fraction of sp³-hybridized carbons (Fsp3) is 0.308. The lowest BCUT2D eigenvalue weighted by Crippen LogP contribution is -2.27. The molecule has 0 aliphatic heterocycles. The number of benzene rings is 1. The Morgan fingerprint density at radius 3 is 2.60 bits per heavy atom. The van der Waals surface area contributed by atoms with Gasteiger partial charge in [-0.15, -0.1) is 11.3 Å². The third-order valence-electron chi connectivity index (χ3n) is 2.83. The van der Waals surface area contributed by atoms with Crippen LogP contribution in [0.5, 0.6) is 0 Å². The van der Waals surface area contributed by atoms with Gasteiger partial charge >= 0.3 is 0 Å². The van der Waals surface area contributed by atoms with Gasteiger partial charge in [0, 0.05) is 16.8 Å². The van der Waals surface area contributed by atoms with Crippen molar-refractivity contribution in [3.63, 3.8) is 0 Å². The van der Waals surface area contributed by atoms with Crippen molar-refractivity contribution in [2.24, 2.45) is 0 Å². The van der Waals surface area contributed by atoms with E-state index in [9.17, 15) is 8.42 Å². The number of sulfonamides is 1. The first-order valence-electron chi connectivity index (χ1n) is 6.10. The minimum absolute atomic E-state index is 0.242. The van der Waals surface area contributed by atoms with Crippen LogP contribution in [0.2, 0.25) is 0 Å². The summed E-state index contributed by atoms with van der Waals surface area (Å²) >= 11 is 1.48. The highest BCUT2D eigenvalue weighted by atomic mass is 32.2. The number of nitrogens with two attached hydrogens (primary N) is 1. The Kier molecular flexibility index (Phi) is 4.12. The molecule has 0 amide bonds. The van der Waals surface area contributed by atoms with Gasteiger partial charge in [-0.2, -0.15) is 0 Å². The van der Waals surface area contributed by atoms with E-state index in [-0.39, 0.29) is 10.9 Å². The number of nitrogens with one attached hydrogen (secondary N) is 1. The van der Waals surface area contributed by atoms with E-state index in [1.165, 1.54) is 17.4 Å². The normalized spacial score (nSPS) is 13.3. The summed E-state index contributed by atoms with van der Waals surface area (Å²) < 4.78 is 27.4. The molecule has 1 heterocycles. The maximum absolute atomic E-state index is 12.4. The van der Waals surface area contributed by atoms with E-state index in [4.69, 9.17) is 5.73 Å². The van der Waals surface area contributed by atoms with Crippen molar-refractivity contribution >= 4 is 27.0 Å². The van der Waals surface area contributed by atoms with Crippen molar-refractivity contribution in [3.05, 3.63) is 39.8 Å². The van der Waals surface area contributed by atoms with Crippen LogP contribution in [-0.4, -0.2) is 13.4 Å². The molecule has 1 unspecified atom stereocenters. The van der Waals surface area contributed by atoms with Gasteiger partial charge in [0.1, 0.15) is 5.01 Å². The molecule has 20 heavy (non-hydrogen) atoms. The van der Waals surface area contributed by atoms with Crippen molar-refractivity contribution < 1.29 is 8.42 Å². The highest BCUT2D eigenvalue weighted by Crippen LogP contribution is 2.23. The van der Waals surface area contributed by atoms with Crippen molar-refractivity contribution in [2.45, 2.75) is 31.7 Å². The number of hydrogen-bond acceptors (Lipinski definition) is 5. The molecule has 1 atom stereocenters. The topological polar surface area (TPSA) is 85.1 Å². The minimum atomic E-state index is -3.58. The molecule has 0 aliphatic rings. The summed E-state index contributed by atoms with van der Waals surface area (Å²) in [5.41, 5.74) is 6.81. The molecule has 7 heteroatoms. The average molecular weight is 311 g/mol. The number of hydrogen-bond donors (Lipinski definition) is 2. The number of thiazole rings is 1. The molecule has 0 saturated carbocycles. The van der Waals surface area contributed by atoms with E-state index in [0.29, 0.717) is 11.3 Å². The van der Waals surface area contributed by atoms with Gasteiger partial charge in [0.05, 0.1) is 10.9 Å². The van der Waals surface area contributed by atoms with Crippen LogP contribution >= 0.6 is 11.3 Å². The SMILES string of the molecule is Cc1cnc(C(C)NS(=O)(=O)c2ccc(N)cc2C)s1. The number of aryl methyl sites for hydroxylation is 2. The van der Waals surface area contributed by atoms with E-state index in [2.05, 4.69) is 9.71 Å². The number of nitrogen functional groups attached to an aromatic ring is 1. The lowest BCUT2D eigenvalue weighted by Gasteiger charge is -2.13. The Labute approximate surface area is 122 Å². The Hall–Kier alpha value is -1.44. The van der Waals surface area contributed by atoms with Crippen LogP contribution < -0.4 is 10.5 Å². The second kappa shape index (κ2) is 5.51. The molecule has 0 fully saturated rings. The van der Waals surface area contributed by atoms with Gasteiger partial charge in [0.15, 0.2) is 0 Å². The summed E-state index contributed by atoms with van der Waals surface area (Å²) in [6, 6.07) is 4.38. The van der Waals surface area contributed by atoms with Gasteiger partial charge in [-0.25, -0.2) is 18.1 Å². The average Bonchev–Trinajstić information content (AvgIpc) is 2.74. The number of rotatable bonds is 4. The van der Waals surface area contributed by atoms with Crippen LogP contribution in [0.1, 0.15) is 28.4 Å². The Morgan fingerprint density at radius 1 is 1.35 bits per heavy atom. The first-order valence-corrected chi connectivity index (χ1v) is 8.40. The zero-order valence-electron chi connectivity index (χ0n) is 11.5. The first kappa shape index (κ1) is 15.0. The van der Waals surface area contributed by atoms with Crippen molar-refractivity contribution in [2.75, 3.05) is 5.73 Å². The Morgan fingerprint density at radius 2 is 2.05 bits per heavy atom. The molecule has 0 saturated heterocycles. The van der Waals surface area contributed by atoms with Crippen molar-refractivity contribution in [1.29, 1.82) is 0 Å². The largest absolute Gasteiger partial charge is 0.399 e. The standard InChI is InChI=1S/C13H17N3O2S2/c1-8-6-11(14)4-5-12(8)20(17,18)16-10(3)13-15-7-9(2)19-13/h4-7,10,16H,14H2,1-3H3. The summed E-state index contributed by atoms with van der Waals surface area (Å²) in [7, 11) is -3.58. The van der Waals surface area contributed by atoms with Crippen LogP contribution in [-0.2, 0) is 10.0 Å². The third kappa shape index (κ3) is 3.17. The van der Waals surface area contributed by atoms with Crippen molar-refractivity contribution in [3.8, 4) is 0 Å². The highest BCUT2D eigenvalue weighted by Gasteiger charge is 2.21. The van der Waals surface area contributed by atoms with Gasteiger partial charge in [0.25, 0.3) is 0 Å². The van der Waals surface area contributed by atoms with E-state index >= 15 is 0 Å². The van der Waals surface area contributed by atoms with Gasteiger partial charge in [-0.3, -0.25) is 0 Å². The molecule has 1 aromatic carbocycles. The maximum Gasteiger partial charge on any atom is 0.241 e. The quantitative estimate of drug-likeness (QED) is 0.849. The van der Waals surface area contributed by atoms with Gasteiger partial charge in [-0.1, -0.05) is 0 Å².